The maximum atomic E-state index is 10.4. The van der Waals surface area contributed by atoms with Gasteiger partial charge in [0.05, 0.1) is 25.9 Å². The highest BCUT2D eigenvalue weighted by molar-refractivity contribution is 5.75. The minimum atomic E-state index is -1.64. The van der Waals surface area contributed by atoms with Gasteiger partial charge in [0.25, 0.3) is 0 Å². The monoisotopic (exact) mass is 220 g/mol. The first-order chi connectivity index (χ1) is 6.81. The summed E-state index contributed by atoms with van der Waals surface area (Å²) in [6, 6.07) is 0. The van der Waals surface area contributed by atoms with Gasteiger partial charge in [-0.3, -0.25) is 14.4 Å². The van der Waals surface area contributed by atoms with E-state index in [1.54, 1.807) is 0 Å². The van der Waals surface area contributed by atoms with Crippen LogP contribution in [0.5, 0.6) is 0 Å². The zero-order chi connectivity index (χ0) is 12.1. The molecule has 15 heavy (non-hydrogen) atoms. The fourth-order valence-corrected chi connectivity index (χ4v) is 1.32. The van der Waals surface area contributed by atoms with E-state index in [0.717, 1.165) is 0 Å². The Morgan fingerprint density at radius 3 is 1.20 bits per heavy atom. The van der Waals surface area contributed by atoms with Crippen LogP contribution >= 0.6 is 0 Å². The summed E-state index contributed by atoms with van der Waals surface area (Å²) < 4.78 is 0. The molecule has 0 amide bonds. The molecule has 0 aromatic carbocycles. The van der Waals surface area contributed by atoms with Gasteiger partial charge in [0, 0.05) is 5.41 Å². The molecule has 0 unspecified atom stereocenters. The number of aliphatic hydroxyl groups is 1. The number of hydrogen-bond acceptors (Lipinski definition) is 4. The summed E-state index contributed by atoms with van der Waals surface area (Å²) in [6.45, 7) is -0.794. The number of carboxylic acid groups (broad SMARTS) is 3. The van der Waals surface area contributed by atoms with E-state index in [4.69, 9.17) is 20.4 Å². The van der Waals surface area contributed by atoms with Gasteiger partial charge in [-0.1, -0.05) is 0 Å². The lowest BCUT2D eigenvalue weighted by Gasteiger charge is -2.26. The quantitative estimate of drug-likeness (QED) is 0.449. The molecular weight excluding hydrogens is 208 g/mol. The average Bonchev–Trinajstić information content (AvgIpc) is 1.99. The molecule has 0 aliphatic carbocycles. The number of carboxylic acids is 3. The van der Waals surface area contributed by atoms with Gasteiger partial charge < -0.3 is 20.4 Å². The van der Waals surface area contributed by atoms with Crippen LogP contribution in [0.2, 0.25) is 0 Å². The van der Waals surface area contributed by atoms with Gasteiger partial charge in [-0.2, -0.15) is 0 Å². The highest BCUT2D eigenvalue weighted by Gasteiger charge is 2.37. The summed E-state index contributed by atoms with van der Waals surface area (Å²) in [5.41, 5.74) is -1.64. The summed E-state index contributed by atoms with van der Waals surface area (Å²) in [4.78, 5) is 31.3. The topological polar surface area (TPSA) is 132 Å². The summed E-state index contributed by atoms with van der Waals surface area (Å²) in [7, 11) is 0. The van der Waals surface area contributed by atoms with Gasteiger partial charge >= 0.3 is 17.9 Å². The van der Waals surface area contributed by atoms with Crippen LogP contribution in [0.3, 0.4) is 0 Å². The van der Waals surface area contributed by atoms with Crippen LogP contribution in [-0.4, -0.2) is 44.9 Å². The van der Waals surface area contributed by atoms with Crippen molar-refractivity contribution in [1.29, 1.82) is 0 Å². The molecule has 7 nitrogen and oxygen atoms in total. The highest BCUT2D eigenvalue weighted by atomic mass is 16.4. The molecule has 0 fully saturated rings. The fraction of sp³-hybridized carbons (Fsp3) is 0.625. The van der Waals surface area contributed by atoms with Crippen molar-refractivity contribution in [2.75, 3.05) is 6.61 Å². The average molecular weight is 220 g/mol. The molecular formula is C8H12O7. The third-order valence-electron chi connectivity index (χ3n) is 1.91. The molecule has 0 rings (SSSR count). The number of aliphatic hydroxyl groups excluding tert-OH is 1. The summed E-state index contributed by atoms with van der Waals surface area (Å²) in [6.07, 6.45) is -2.08. The summed E-state index contributed by atoms with van der Waals surface area (Å²) >= 11 is 0. The molecule has 0 atom stereocenters. The van der Waals surface area contributed by atoms with E-state index in [9.17, 15) is 14.4 Å². The Bertz CT molecular complexity index is 229. The smallest absolute Gasteiger partial charge is 0.304 e. The Kier molecular flexibility index (Phi) is 4.72. The van der Waals surface area contributed by atoms with Gasteiger partial charge in [0.1, 0.15) is 0 Å². The van der Waals surface area contributed by atoms with E-state index in [-0.39, 0.29) is 0 Å². The second-order valence-electron chi connectivity index (χ2n) is 3.37. The minimum absolute atomic E-state index is 0.692. The van der Waals surface area contributed by atoms with Gasteiger partial charge in [0.2, 0.25) is 0 Å². The molecule has 86 valence electrons. The summed E-state index contributed by atoms with van der Waals surface area (Å²) in [5.74, 6) is -4.02. The van der Waals surface area contributed by atoms with Crippen LogP contribution < -0.4 is 0 Å². The zero-order valence-corrected chi connectivity index (χ0v) is 7.84. The van der Waals surface area contributed by atoms with Crippen molar-refractivity contribution >= 4 is 17.9 Å². The molecule has 0 bridgehead atoms. The van der Waals surface area contributed by atoms with Crippen molar-refractivity contribution in [3.63, 3.8) is 0 Å². The number of hydrogen-bond donors (Lipinski definition) is 4. The molecule has 0 aliphatic heterocycles. The van der Waals surface area contributed by atoms with Gasteiger partial charge in [-0.05, 0) is 0 Å². The van der Waals surface area contributed by atoms with E-state index in [2.05, 4.69) is 0 Å². The minimum Gasteiger partial charge on any atom is -0.481 e. The predicted octanol–water partition coefficient (Wildman–Crippen LogP) is -0.611. The zero-order valence-electron chi connectivity index (χ0n) is 7.84. The Labute approximate surface area is 85.0 Å². The SMILES string of the molecule is O=C(O)CC(CO)(CC(=O)O)CC(=O)O. The molecule has 7 heteroatoms. The fourth-order valence-electron chi connectivity index (χ4n) is 1.32. The third-order valence-corrected chi connectivity index (χ3v) is 1.91. The lowest BCUT2D eigenvalue weighted by atomic mass is 9.79. The molecule has 0 spiro atoms. The summed E-state index contributed by atoms with van der Waals surface area (Å²) in [5, 5.41) is 34.5. The van der Waals surface area contributed by atoms with Crippen LogP contribution in [0.15, 0.2) is 0 Å². The van der Waals surface area contributed by atoms with E-state index >= 15 is 0 Å². The highest BCUT2D eigenvalue weighted by Crippen LogP contribution is 2.30. The molecule has 0 aliphatic rings. The van der Waals surface area contributed by atoms with Crippen molar-refractivity contribution in [3.8, 4) is 0 Å². The molecule has 0 heterocycles. The van der Waals surface area contributed by atoms with Gasteiger partial charge in [-0.25, -0.2) is 0 Å². The molecule has 0 aromatic rings. The van der Waals surface area contributed by atoms with E-state index in [1.807, 2.05) is 0 Å². The normalized spacial score (nSPS) is 11.0. The first kappa shape index (κ1) is 13.4. The van der Waals surface area contributed by atoms with Crippen LogP contribution in [0.1, 0.15) is 19.3 Å². The Morgan fingerprint density at radius 1 is 0.800 bits per heavy atom. The van der Waals surface area contributed by atoms with Crippen molar-refractivity contribution in [1.82, 2.24) is 0 Å². The molecule has 0 radical (unpaired) electrons. The van der Waals surface area contributed by atoms with E-state index < -0.39 is 49.2 Å². The predicted molar refractivity (Wildman–Crippen MR) is 46.3 cm³/mol. The Morgan fingerprint density at radius 2 is 1.07 bits per heavy atom. The lowest BCUT2D eigenvalue weighted by Crippen LogP contribution is -2.34. The maximum Gasteiger partial charge on any atom is 0.304 e. The van der Waals surface area contributed by atoms with Crippen molar-refractivity contribution < 1.29 is 34.8 Å². The van der Waals surface area contributed by atoms with Crippen LogP contribution in [0.25, 0.3) is 0 Å². The van der Waals surface area contributed by atoms with E-state index in [1.165, 1.54) is 0 Å². The largest absolute Gasteiger partial charge is 0.481 e. The van der Waals surface area contributed by atoms with Crippen molar-refractivity contribution in [2.24, 2.45) is 5.41 Å². The first-order valence-electron chi connectivity index (χ1n) is 4.07. The molecule has 0 saturated carbocycles. The standard InChI is InChI=1S/C8H12O7/c9-4-8(1-5(10)11,2-6(12)13)3-7(14)15/h9H,1-4H2,(H,10,11)(H,12,13)(H,14,15). The van der Waals surface area contributed by atoms with Crippen molar-refractivity contribution in [2.45, 2.75) is 19.3 Å². The van der Waals surface area contributed by atoms with Crippen molar-refractivity contribution in [3.05, 3.63) is 0 Å². The van der Waals surface area contributed by atoms with Crippen LogP contribution in [0, 0.1) is 5.41 Å². The Hall–Kier alpha value is -1.63. The maximum absolute atomic E-state index is 10.4. The van der Waals surface area contributed by atoms with Gasteiger partial charge in [0.15, 0.2) is 0 Å². The number of aliphatic carboxylic acids is 3. The first-order valence-corrected chi connectivity index (χ1v) is 4.07. The molecule has 0 aromatic heterocycles. The molecule has 4 N–H and O–H groups in total. The molecule has 0 saturated heterocycles. The Balaban J connectivity index is 4.81. The second kappa shape index (κ2) is 5.30. The number of rotatable bonds is 7. The van der Waals surface area contributed by atoms with Gasteiger partial charge in [-0.15, -0.1) is 0 Å². The van der Waals surface area contributed by atoms with Crippen LogP contribution in [0.4, 0.5) is 0 Å². The second-order valence-corrected chi connectivity index (χ2v) is 3.37. The number of carbonyl (C=O) groups is 3. The third kappa shape index (κ3) is 4.96. The van der Waals surface area contributed by atoms with E-state index in [0.29, 0.717) is 0 Å². The lowest BCUT2D eigenvalue weighted by molar-refractivity contribution is -0.149. The van der Waals surface area contributed by atoms with Crippen LogP contribution in [-0.2, 0) is 14.4 Å².